The molecule has 18 heavy (non-hydrogen) atoms. The highest BCUT2D eigenvalue weighted by molar-refractivity contribution is 5.71. The minimum Gasteiger partial charge on any atom is -0.481 e. The summed E-state index contributed by atoms with van der Waals surface area (Å²) in [5.41, 5.74) is 10.1. The van der Waals surface area contributed by atoms with Gasteiger partial charge in [-0.15, -0.1) is 13.2 Å². The van der Waals surface area contributed by atoms with Gasteiger partial charge in [-0.25, -0.2) is 4.98 Å². The number of nitrogens with two attached hydrogens (primary N) is 2. The van der Waals surface area contributed by atoms with Gasteiger partial charge in [0, 0.05) is 12.1 Å². The Labute approximate surface area is 99.4 Å². The van der Waals surface area contributed by atoms with Crippen molar-refractivity contribution in [2.75, 3.05) is 5.73 Å². The van der Waals surface area contributed by atoms with E-state index in [-0.39, 0.29) is 17.9 Å². The summed E-state index contributed by atoms with van der Waals surface area (Å²) >= 11 is 0. The van der Waals surface area contributed by atoms with Crippen molar-refractivity contribution in [1.29, 1.82) is 0 Å². The third-order valence-corrected chi connectivity index (χ3v) is 1.90. The van der Waals surface area contributed by atoms with Crippen molar-refractivity contribution in [2.24, 2.45) is 5.73 Å². The lowest BCUT2D eigenvalue weighted by atomic mass is 10.1. The Morgan fingerprint density at radius 3 is 2.56 bits per heavy atom. The number of aromatic nitrogens is 1. The minimum absolute atomic E-state index is 0.0592. The molecule has 0 bridgehead atoms. The topological polar surface area (TPSA) is 111 Å². The fourth-order valence-electron chi connectivity index (χ4n) is 1.32. The molecular formula is C9H10F3N3O3. The summed E-state index contributed by atoms with van der Waals surface area (Å²) in [4.78, 5) is 14.1. The van der Waals surface area contributed by atoms with Crippen LogP contribution in [0, 0.1) is 0 Å². The molecule has 0 amide bonds. The van der Waals surface area contributed by atoms with Crippen molar-refractivity contribution >= 4 is 11.8 Å². The number of carboxylic acids is 1. The van der Waals surface area contributed by atoms with Gasteiger partial charge < -0.3 is 21.3 Å². The van der Waals surface area contributed by atoms with E-state index in [1.165, 1.54) is 0 Å². The summed E-state index contributed by atoms with van der Waals surface area (Å²) in [7, 11) is 0. The molecule has 1 heterocycles. The second kappa shape index (κ2) is 5.08. The standard InChI is InChI=1S/C9H10F3N3O3/c10-9(11,12)18-8-4(3-13)1-6(14)15-5(8)2-7(16)17/h1H,2-3,13H2,(H2,14,15)(H,16,17). The van der Waals surface area contributed by atoms with E-state index in [0.717, 1.165) is 6.07 Å². The van der Waals surface area contributed by atoms with Crippen molar-refractivity contribution < 1.29 is 27.8 Å². The lowest BCUT2D eigenvalue weighted by Gasteiger charge is -2.15. The Bertz CT molecular complexity index is 462. The Kier molecular flexibility index (Phi) is 3.96. The van der Waals surface area contributed by atoms with Gasteiger partial charge in [-0.05, 0) is 6.07 Å². The van der Waals surface area contributed by atoms with E-state index < -0.39 is 30.2 Å². The summed E-state index contributed by atoms with van der Waals surface area (Å²) in [5.74, 6) is -2.19. The van der Waals surface area contributed by atoms with Crippen LogP contribution in [0.3, 0.4) is 0 Å². The molecule has 100 valence electrons. The number of carboxylic acid groups (broad SMARTS) is 1. The second-order valence-electron chi connectivity index (χ2n) is 3.30. The molecule has 1 aromatic heterocycles. The fraction of sp³-hybridized carbons (Fsp3) is 0.333. The van der Waals surface area contributed by atoms with E-state index in [4.69, 9.17) is 16.6 Å². The first-order valence-electron chi connectivity index (χ1n) is 4.69. The number of alkyl halides is 3. The van der Waals surface area contributed by atoms with Crippen LogP contribution in [-0.2, 0) is 17.8 Å². The summed E-state index contributed by atoms with van der Waals surface area (Å²) in [6.45, 7) is -0.287. The van der Waals surface area contributed by atoms with Gasteiger partial charge in [-0.2, -0.15) is 0 Å². The average molecular weight is 265 g/mol. The molecule has 0 aliphatic heterocycles. The van der Waals surface area contributed by atoms with Crippen LogP contribution in [0.25, 0.3) is 0 Å². The van der Waals surface area contributed by atoms with Gasteiger partial charge in [0.2, 0.25) is 0 Å². The molecule has 5 N–H and O–H groups in total. The smallest absolute Gasteiger partial charge is 0.481 e. The van der Waals surface area contributed by atoms with E-state index in [2.05, 4.69) is 9.72 Å². The summed E-state index contributed by atoms with van der Waals surface area (Å²) in [5, 5.41) is 8.60. The van der Waals surface area contributed by atoms with Crippen LogP contribution in [0.15, 0.2) is 6.07 Å². The SMILES string of the molecule is NCc1cc(N)nc(CC(=O)O)c1OC(F)(F)F. The molecule has 0 aliphatic carbocycles. The predicted octanol–water partition coefficient (Wildman–Crippen LogP) is 0.648. The quantitative estimate of drug-likeness (QED) is 0.736. The molecule has 0 aliphatic rings. The van der Waals surface area contributed by atoms with Crippen LogP contribution < -0.4 is 16.2 Å². The van der Waals surface area contributed by atoms with Gasteiger partial charge in [-0.3, -0.25) is 4.79 Å². The lowest BCUT2D eigenvalue weighted by Crippen LogP contribution is -2.21. The van der Waals surface area contributed by atoms with Gasteiger partial charge in [0.15, 0.2) is 5.75 Å². The van der Waals surface area contributed by atoms with Crippen LogP contribution in [-0.4, -0.2) is 22.4 Å². The van der Waals surface area contributed by atoms with Crippen LogP contribution >= 0.6 is 0 Å². The molecule has 0 spiro atoms. The highest BCUT2D eigenvalue weighted by Crippen LogP contribution is 2.30. The average Bonchev–Trinajstić information content (AvgIpc) is 2.19. The Hall–Kier alpha value is -2.03. The zero-order valence-electron chi connectivity index (χ0n) is 8.99. The summed E-state index contributed by atoms with van der Waals surface area (Å²) in [6.07, 6.45) is -5.71. The number of pyridine rings is 1. The molecule has 1 aromatic rings. The largest absolute Gasteiger partial charge is 0.573 e. The Morgan fingerprint density at radius 2 is 2.11 bits per heavy atom. The van der Waals surface area contributed by atoms with Gasteiger partial charge >= 0.3 is 12.3 Å². The molecule has 9 heteroatoms. The van der Waals surface area contributed by atoms with Crippen molar-refractivity contribution in [3.05, 3.63) is 17.3 Å². The number of ether oxygens (including phenoxy) is 1. The van der Waals surface area contributed by atoms with Crippen LogP contribution in [0.1, 0.15) is 11.3 Å². The van der Waals surface area contributed by atoms with E-state index in [0.29, 0.717) is 0 Å². The maximum Gasteiger partial charge on any atom is 0.573 e. The minimum atomic E-state index is -4.96. The van der Waals surface area contributed by atoms with Crippen molar-refractivity contribution in [2.45, 2.75) is 19.3 Å². The van der Waals surface area contributed by atoms with E-state index in [1.54, 1.807) is 0 Å². The molecule has 0 radical (unpaired) electrons. The zero-order chi connectivity index (χ0) is 13.9. The van der Waals surface area contributed by atoms with Gasteiger partial charge in [-0.1, -0.05) is 0 Å². The van der Waals surface area contributed by atoms with E-state index >= 15 is 0 Å². The first kappa shape index (κ1) is 14.0. The fourth-order valence-corrected chi connectivity index (χ4v) is 1.32. The maximum atomic E-state index is 12.2. The van der Waals surface area contributed by atoms with Crippen LogP contribution in [0.2, 0.25) is 0 Å². The second-order valence-corrected chi connectivity index (χ2v) is 3.30. The number of nitrogen functional groups attached to an aromatic ring is 1. The molecule has 0 atom stereocenters. The maximum absolute atomic E-state index is 12.2. The molecule has 0 saturated heterocycles. The predicted molar refractivity (Wildman–Crippen MR) is 54.6 cm³/mol. The monoisotopic (exact) mass is 265 g/mol. The van der Waals surface area contributed by atoms with Crippen LogP contribution in [0.5, 0.6) is 5.75 Å². The molecule has 0 fully saturated rings. The number of halogens is 3. The van der Waals surface area contributed by atoms with Gasteiger partial charge in [0.05, 0.1) is 12.1 Å². The molecule has 1 rings (SSSR count). The highest BCUT2D eigenvalue weighted by Gasteiger charge is 2.34. The van der Waals surface area contributed by atoms with Crippen LogP contribution in [0.4, 0.5) is 19.0 Å². The Morgan fingerprint density at radius 1 is 1.50 bits per heavy atom. The number of hydrogen-bond acceptors (Lipinski definition) is 5. The summed E-state index contributed by atoms with van der Waals surface area (Å²) in [6, 6.07) is 1.10. The molecule has 6 nitrogen and oxygen atoms in total. The summed E-state index contributed by atoms with van der Waals surface area (Å²) < 4.78 is 40.4. The van der Waals surface area contributed by atoms with E-state index in [1.807, 2.05) is 0 Å². The molecule has 0 unspecified atom stereocenters. The van der Waals surface area contributed by atoms with E-state index in [9.17, 15) is 18.0 Å². The first-order valence-corrected chi connectivity index (χ1v) is 4.69. The third-order valence-electron chi connectivity index (χ3n) is 1.90. The van der Waals surface area contributed by atoms with Gasteiger partial charge in [0.1, 0.15) is 5.82 Å². The van der Waals surface area contributed by atoms with Crippen molar-refractivity contribution in [3.8, 4) is 5.75 Å². The molecule has 0 aromatic carbocycles. The normalized spacial score (nSPS) is 11.3. The molecule has 0 saturated carbocycles. The zero-order valence-corrected chi connectivity index (χ0v) is 8.99. The number of nitrogens with zero attached hydrogens (tertiary/aromatic N) is 1. The number of hydrogen-bond donors (Lipinski definition) is 3. The Balaban J connectivity index is 3.28. The number of anilines is 1. The number of aliphatic carboxylic acids is 1. The lowest BCUT2D eigenvalue weighted by molar-refractivity contribution is -0.275. The first-order chi connectivity index (χ1) is 8.23. The number of rotatable bonds is 4. The third kappa shape index (κ3) is 3.77. The number of carbonyl (C=O) groups is 1. The van der Waals surface area contributed by atoms with Crippen molar-refractivity contribution in [3.63, 3.8) is 0 Å². The highest BCUT2D eigenvalue weighted by atomic mass is 19.4. The molecular weight excluding hydrogens is 255 g/mol. The van der Waals surface area contributed by atoms with Gasteiger partial charge in [0.25, 0.3) is 0 Å². The van der Waals surface area contributed by atoms with Crippen molar-refractivity contribution in [1.82, 2.24) is 4.98 Å².